The van der Waals surface area contributed by atoms with E-state index in [0.717, 1.165) is 24.7 Å². The highest BCUT2D eigenvalue weighted by Gasteiger charge is 2.07. The smallest absolute Gasteiger partial charge is 0.0784 e. The molecule has 2 aromatic carbocycles. The summed E-state index contributed by atoms with van der Waals surface area (Å²) in [6.07, 6.45) is 0.906. The third-order valence-corrected chi connectivity index (χ3v) is 3.43. The predicted octanol–water partition coefficient (Wildman–Crippen LogP) is 3.41. The van der Waals surface area contributed by atoms with Crippen LogP contribution in [0.4, 0.5) is 0 Å². The number of aliphatic hydroxyl groups is 1. The molecule has 0 saturated heterocycles. The van der Waals surface area contributed by atoms with Crippen LogP contribution >= 0.6 is 0 Å². The minimum Gasteiger partial charge on any atom is -0.400 e. The van der Waals surface area contributed by atoms with E-state index in [2.05, 4.69) is 49.4 Å². The zero-order valence-electron chi connectivity index (χ0n) is 11.9. The van der Waals surface area contributed by atoms with Gasteiger partial charge in [-0.15, -0.1) is 0 Å². The molecule has 0 amide bonds. The lowest BCUT2D eigenvalue weighted by Gasteiger charge is -2.10. The number of rotatable bonds is 2. The fourth-order valence-electron chi connectivity index (χ4n) is 2.29. The van der Waals surface area contributed by atoms with E-state index in [9.17, 15) is 0 Å². The summed E-state index contributed by atoms with van der Waals surface area (Å²) >= 11 is 0. The Morgan fingerprint density at radius 2 is 1.65 bits per heavy atom. The van der Waals surface area contributed by atoms with Gasteiger partial charge < -0.3 is 10.8 Å². The summed E-state index contributed by atoms with van der Waals surface area (Å²) in [5, 5.41) is 10.6. The van der Waals surface area contributed by atoms with Gasteiger partial charge in [-0.3, -0.25) is 4.98 Å². The van der Waals surface area contributed by atoms with Crippen LogP contribution in [0.25, 0.3) is 21.7 Å². The van der Waals surface area contributed by atoms with Crippen LogP contribution in [0.2, 0.25) is 0 Å². The van der Waals surface area contributed by atoms with E-state index in [0.29, 0.717) is 0 Å². The van der Waals surface area contributed by atoms with Crippen molar-refractivity contribution in [3.8, 4) is 0 Å². The molecule has 20 heavy (non-hydrogen) atoms. The second-order valence-electron chi connectivity index (χ2n) is 4.61. The average Bonchev–Trinajstić information content (AvgIpc) is 2.55. The lowest BCUT2D eigenvalue weighted by atomic mass is 10.0. The summed E-state index contributed by atoms with van der Waals surface area (Å²) in [6, 6.07) is 16.8. The Morgan fingerprint density at radius 1 is 1.00 bits per heavy atom. The maximum atomic E-state index is 7.00. The molecule has 0 aliphatic rings. The number of aliphatic hydroxyl groups excluding tert-OH is 1. The molecular formula is C17H20N2O. The molecule has 0 fully saturated rings. The maximum absolute atomic E-state index is 7.00. The first kappa shape index (κ1) is 14.4. The molecule has 1 atom stereocenters. The number of pyridine rings is 1. The van der Waals surface area contributed by atoms with Crippen LogP contribution in [0, 0.1) is 0 Å². The molecule has 0 aliphatic carbocycles. The van der Waals surface area contributed by atoms with E-state index in [4.69, 9.17) is 15.8 Å². The minimum atomic E-state index is 0.0216. The highest BCUT2D eigenvalue weighted by molar-refractivity contribution is 6.05. The molecule has 104 valence electrons. The maximum Gasteiger partial charge on any atom is 0.0784 e. The molecule has 0 aliphatic heterocycles. The molecule has 0 spiro atoms. The average molecular weight is 268 g/mol. The van der Waals surface area contributed by atoms with Crippen molar-refractivity contribution < 1.29 is 5.11 Å². The summed E-state index contributed by atoms with van der Waals surface area (Å²) in [4.78, 5) is 4.75. The van der Waals surface area contributed by atoms with Gasteiger partial charge in [0.05, 0.1) is 11.2 Å². The molecular weight excluding hydrogens is 248 g/mol. The van der Waals surface area contributed by atoms with Gasteiger partial charge >= 0.3 is 0 Å². The quantitative estimate of drug-likeness (QED) is 0.700. The monoisotopic (exact) mass is 268 g/mol. The van der Waals surface area contributed by atoms with Crippen LogP contribution in [0.5, 0.6) is 0 Å². The van der Waals surface area contributed by atoms with Crippen molar-refractivity contribution in [2.24, 2.45) is 5.73 Å². The molecule has 0 bridgehead atoms. The lowest BCUT2D eigenvalue weighted by Crippen LogP contribution is -2.10. The number of benzene rings is 2. The van der Waals surface area contributed by atoms with Crippen LogP contribution in [0.15, 0.2) is 48.5 Å². The Morgan fingerprint density at radius 3 is 2.40 bits per heavy atom. The Hall–Kier alpha value is -1.97. The summed E-state index contributed by atoms with van der Waals surface area (Å²) in [7, 11) is 1.00. The van der Waals surface area contributed by atoms with Crippen molar-refractivity contribution >= 4 is 21.7 Å². The topological polar surface area (TPSA) is 59.1 Å². The Kier molecular flexibility index (Phi) is 4.66. The van der Waals surface area contributed by atoms with Gasteiger partial charge in [-0.2, -0.15) is 0 Å². The number of fused-ring (bicyclic) bond motifs is 3. The van der Waals surface area contributed by atoms with E-state index in [1.807, 2.05) is 6.07 Å². The SMILES string of the molecule is CCC(N)c1ccc2ccc3ccccc3c2n1.CO. The van der Waals surface area contributed by atoms with Crippen molar-refractivity contribution in [1.82, 2.24) is 4.98 Å². The van der Waals surface area contributed by atoms with Crippen molar-refractivity contribution in [3.05, 3.63) is 54.2 Å². The molecule has 3 aromatic rings. The van der Waals surface area contributed by atoms with Crippen LogP contribution in [0.1, 0.15) is 25.1 Å². The first-order valence-corrected chi connectivity index (χ1v) is 6.78. The summed E-state index contributed by atoms with van der Waals surface area (Å²) < 4.78 is 0. The minimum absolute atomic E-state index is 0.0216. The fraction of sp³-hybridized carbons (Fsp3) is 0.235. The number of hydrogen-bond donors (Lipinski definition) is 2. The van der Waals surface area contributed by atoms with E-state index in [-0.39, 0.29) is 6.04 Å². The van der Waals surface area contributed by atoms with Crippen LogP contribution in [-0.2, 0) is 0 Å². The first-order chi connectivity index (χ1) is 9.79. The molecule has 0 saturated carbocycles. The lowest BCUT2D eigenvalue weighted by molar-refractivity contribution is 0.399. The zero-order chi connectivity index (χ0) is 14.5. The van der Waals surface area contributed by atoms with Gasteiger partial charge in [0, 0.05) is 23.9 Å². The molecule has 3 heteroatoms. The van der Waals surface area contributed by atoms with Gasteiger partial charge in [-0.25, -0.2) is 0 Å². The van der Waals surface area contributed by atoms with Gasteiger partial charge in [0.2, 0.25) is 0 Å². The summed E-state index contributed by atoms with van der Waals surface area (Å²) in [5.74, 6) is 0. The number of hydrogen-bond acceptors (Lipinski definition) is 3. The van der Waals surface area contributed by atoms with Crippen molar-refractivity contribution in [3.63, 3.8) is 0 Å². The molecule has 3 nitrogen and oxygen atoms in total. The largest absolute Gasteiger partial charge is 0.400 e. The molecule has 1 aromatic heterocycles. The number of nitrogens with two attached hydrogens (primary N) is 1. The molecule has 1 heterocycles. The van der Waals surface area contributed by atoms with Gasteiger partial charge in [0.25, 0.3) is 0 Å². The second kappa shape index (κ2) is 6.46. The van der Waals surface area contributed by atoms with Gasteiger partial charge in [0.15, 0.2) is 0 Å². The van der Waals surface area contributed by atoms with Crippen LogP contribution in [-0.4, -0.2) is 17.2 Å². The van der Waals surface area contributed by atoms with E-state index < -0.39 is 0 Å². The van der Waals surface area contributed by atoms with Gasteiger partial charge in [-0.1, -0.05) is 49.4 Å². The van der Waals surface area contributed by atoms with E-state index in [1.165, 1.54) is 16.2 Å². The van der Waals surface area contributed by atoms with Gasteiger partial charge in [-0.05, 0) is 17.9 Å². The standard InChI is InChI=1S/C16H16N2.CH4O/c1-2-14(17)15-10-9-12-8-7-11-5-3-4-6-13(11)16(12)18-15;1-2/h3-10,14H,2,17H2,1H3;2H,1H3. The fourth-order valence-corrected chi connectivity index (χ4v) is 2.29. The number of aromatic nitrogens is 1. The third-order valence-electron chi connectivity index (χ3n) is 3.43. The van der Waals surface area contributed by atoms with Crippen molar-refractivity contribution in [2.45, 2.75) is 19.4 Å². The van der Waals surface area contributed by atoms with E-state index >= 15 is 0 Å². The second-order valence-corrected chi connectivity index (χ2v) is 4.61. The summed E-state index contributed by atoms with van der Waals surface area (Å²) in [6.45, 7) is 2.08. The third kappa shape index (κ3) is 2.64. The first-order valence-electron chi connectivity index (χ1n) is 6.78. The number of nitrogens with zero attached hydrogens (tertiary/aromatic N) is 1. The summed E-state index contributed by atoms with van der Waals surface area (Å²) in [5.41, 5.74) is 8.09. The molecule has 3 rings (SSSR count). The zero-order valence-corrected chi connectivity index (χ0v) is 11.9. The Labute approximate surface area is 119 Å². The Bertz CT molecular complexity index is 709. The van der Waals surface area contributed by atoms with Gasteiger partial charge in [0.1, 0.15) is 0 Å². The molecule has 3 N–H and O–H groups in total. The Balaban J connectivity index is 0.000000704. The van der Waals surface area contributed by atoms with Crippen molar-refractivity contribution in [2.75, 3.05) is 7.11 Å². The molecule has 1 unspecified atom stereocenters. The predicted molar refractivity (Wildman–Crippen MR) is 84.6 cm³/mol. The highest BCUT2D eigenvalue weighted by atomic mass is 16.2. The van der Waals surface area contributed by atoms with E-state index in [1.54, 1.807) is 0 Å². The van der Waals surface area contributed by atoms with Crippen molar-refractivity contribution in [1.29, 1.82) is 0 Å². The normalized spacial score (nSPS) is 12.0. The van der Waals surface area contributed by atoms with Crippen LogP contribution < -0.4 is 5.73 Å². The highest BCUT2D eigenvalue weighted by Crippen LogP contribution is 2.25. The molecule has 0 radical (unpaired) electrons. The van der Waals surface area contributed by atoms with Crippen LogP contribution in [0.3, 0.4) is 0 Å².